The number of quaternary nitrogens is 1. The zero-order chi connectivity index (χ0) is 14.5. The smallest absolute Gasteiger partial charge is 0.282 e. The van der Waals surface area contributed by atoms with E-state index in [0.717, 1.165) is 10.7 Å². The Hall–Kier alpha value is -1.78. The third-order valence-corrected chi connectivity index (χ3v) is 3.49. The number of rotatable bonds is 5. The maximum Gasteiger partial charge on any atom is 0.282 e. The topological polar surface area (TPSA) is 46.7 Å². The van der Waals surface area contributed by atoms with Gasteiger partial charge in [0.25, 0.3) is 5.91 Å². The number of amides is 1. The molecule has 1 aromatic heterocycles. The first-order chi connectivity index (χ1) is 9.56. The molecule has 0 radical (unpaired) electrons. The van der Waals surface area contributed by atoms with Gasteiger partial charge >= 0.3 is 0 Å². The average molecular weight is 294 g/mol. The summed E-state index contributed by atoms with van der Waals surface area (Å²) in [5.41, 5.74) is 0.708. The Balaban J connectivity index is 1.94. The summed E-state index contributed by atoms with van der Waals surface area (Å²) in [5.74, 6) is 0.821. The standard InChI is InChI=1S/C15H17ClN2O2/c1-11(18(2)10-14-7-4-8-20-14)15(19)17-13-6-3-5-12(16)9-13/h3-9,11H,10H2,1-2H3,(H,17,19)/p+1/t11-/m0/s1. The lowest BCUT2D eigenvalue weighted by molar-refractivity contribution is -0.908. The lowest BCUT2D eigenvalue weighted by Crippen LogP contribution is -3.12. The van der Waals surface area contributed by atoms with Crippen molar-refractivity contribution < 1.29 is 14.1 Å². The highest BCUT2D eigenvalue weighted by atomic mass is 35.5. The van der Waals surface area contributed by atoms with Gasteiger partial charge in [-0.3, -0.25) is 4.79 Å². The molecule has 0 saturated heterocycles. The van der Waals surface area contributed by atoms with E-state index in [1.807, 2.05) is 38.2 Å². The highest BCUT2D eigenvalue weighted by Gasteiger charge is 2.22. The molecule has 0 aliphatic carbocycles. The molecule has 2 aromatic rings. The molecule has 106 valence electrons. The number of anilines is 1. The van der Waals surface area contributed by atoms with Crippen molar-refractivity contribution >= 4 is 23.2 Å². The first-order valence-corrected chi connectivity index (χ1v) is 6.85. The van der Waals surface area contributed by atoms with Crippen LogP contribution in [0, 0.1) is 0 Å². The van der Waals surface area contributed by atoms with Gasteiger partial charge in [-0.1, -0.05) is 17.7 Å². The van der Waals surface area contributed by atoms with E-state index in [4.69, 9.17) is 16.0 Å². The Bertz CT molecular complexity index is 569. The molecule has 0 spiro atoms. The summed E-state index contributed by atoms with van der Waals surface area (Å²) in [7, 11) is 1.96. The lowest BCUT2D eigenvalue weighted by atomic mass is 10.2. The zero-order valence-corrected chi connectivity index (χ0v) is 12.3. The summed E-state index contributed by atoms with van der Waals surface area (Å²) >= 11 is 5.90. The van der Waals surface area contributed by atoms with Crippen molar-refractivity contribution in [2.24, 2.45) is 0 Å². The molecule has 0 saturated carbocycles. The molecule has 5 heteroatoms. The Morgan fingerprint density at radius 1 is 1.40 bits per heavy atom. The van der Waals surface area contributed by atoms with Gasteiger partial charge in [0.1, 0.15) is 6.54 Å². The van der Waals surface area contributed by atoms with Crippen LogP contribution in [0.25, 0.3) is 0 Å². The van der Waals surface area contributed by atoms with E-state index in [-0.39, 0.29) is 11.9 Å². The van der Waals surface area contributed by atoms with Crippen LogP contribution in [0.1, 0.15) is 12.7 Å². The molecule has 1 amide bonds. The molecule has 2 atom stereocenters. The number of benzene rings is 1. The van der Waals surface area contributed by atoms with E-state index < -0.39 is 0 Å². The number of hydrogen-bond donors (Lipinski definition) is 2. The largest absolute Gasteiger partial charge is 0.463 e. The summed E-state index contributed by atoms with van der Waals surface area (Å²) in [5, 5.41) is 3.47. The number of carbonyl (C=O) groups excluding carboxylic acids is 1. The molecular formula is C15H18ClN2O2+. The van der Waals surface area contributed by atoms with Gasteiger partial charge in [-0.15, -0.1) is 0 Å². The van der Waals surface area contributed by atoms with Gasteiger partial charge in [0, 0.05) is 10.7 Å². The van der Waals surface area contributed by atoms with E-state index >= 15 is 0 Å². The third kappa shape index (κ3) is 3.85. The van der Waals surface area contributed by atoms with Crippen LogP contribution in [0.4, 0.5) is 5.69 Å². The fourth-order valence-electron chi connectivity index (χ4n) is 1.88. The Morgan fingerprint density at radius 2 is 2.20 bits per heavy atom. The SMILES string of the molecule is C[C@@H](C(=O)Nc1cccc(Cl)c1)[NH+](C)Cc1ccco1. The van der Waals surface area contributed by atoms with Crippen molar-refractivity contribution in [3.63, 3.8) is 0 Å². The van der Waals surface area contributed by atoms with Gasteiger partial charge in [-0.2, -0.15) is 0 Å². The second-order valence-electron chi connectivity index (χ2n) is 4.82. The molecule has 1 aromatic carbocycles. The number of hydrogen-bond acceptors (Lipinski definition) is 2. The maximum atomic E-state index is 12.2. The number of nitrogens with one attached hydrogen (secondary N) is 2. The summed E-state index contributed by atoms with van der Waals surface area (Å²) < 4.78 is 5.30. The molecule has 2 N–H and O–H groups in total. The highest BCUT2D eigenvalue weighted by molar-refractivity contribution is 6.30. The number of carbonyl (C=O) groups is 1. The summed E-state index contributed by atoms with van der Waals surface area (Å²) in [6, 6.07) is 10.7. The second-order valence-corrected chi connectivity index (χ2v) is 5.26. The second kappa shape index (κ2) is 6.59. The van der Waals surface area contributed by atoms with Crippen molar-refractivity contribution in [2.45, 2.75) is 19.5 Å². The van der Waals surface area contributed by atoms with E-state index in [0.29, 0.717) is 17.3 Å². The normalized spacial score (nSPS) is 13.8. The Kier molecular flexibility index (Phi) is 4.82. The van der Waals surface area contributed by atoms with E-state index in [9.17, 15) is 4.79 Å². The van der Waals surface area contributed by atoms with Crippen LogP contribution >= 0.6 is 11.6 Å². The number of likely N-dealkylation sites (N-methyl/N-ethyl adjacent to an activating group) is 1. The first kappa shape index (κ1) is 14.6. The quantitative estimate of drug-likeness (QED) is 0.885. The Morgan fingerprint density at radius 3 is 2.85 bits per heavy atom. The molecule has 20 heavy (non-hydrogen) atoms. The monoisotopic (exact) mass is 293 g/mol. The van der Waals surface area contributed by atoms with Crippen LogP contribution in [0.15, 0.2) is 47.1 Å². The van der Waals surface area contributed by atoms with Crippen LogP contribution in [-0.2, 0) is 11.3 Å². The molecule has 0 aliphatic rings. The van der Waals surface area contributed by atoms with Gasteiger partial charge in [0.2, 0.25) is 0 Å². The van der Waals surface area contributed by atoms with Crippen LogP contribution in [0.5, 0.6) is 0 Å². The fraction of sp³-hybridized carbons (Fsp3) is 0.267. The minimum Gasteiger partial charge on any atom is -0.463 e. The van der Waals surface area contributed by atoms with Crippen molar-refractivity contribution in [2.75, 3.05) is 12.4 Å². The van der Waals surface area contributed by atoms with Crippen LogP contribution in [0.2, 0.25) is 5.02 Å². The average Bonchev–Trinajstić information content (AvgIpc) is 2.90. The molecule has 2 rings (SSSR count). The van der Waals surface area contributed by atoms with Crippen molar-refractivity contribution in [3.8, 4) is 0 Å². The number of halogens is 1. The zero-order valence-electron chi connectivity index (χ0n) is 11.5. The molecule has 0 aliphatic heterocycles. The molecule has 0 fully saturated rings. The van der Waals surface area contributed by atoms with Gasteiger partial charge in [-0.05, 0) is 37.3 Å². The molecule has 1 unspecified atom stereocenters. The predicted octanol–water partition coefficient (Wildman–Crippen LogP) is 1.97. The van der Waals surface area contributed by atoms with Crippen LogP contribution < -0.4 is 10.2 Å². The Labute approximate surface area is 123 Å². The number of furan rings is 1. The molecule has 0 bridgehead atoms. The molecule has 1 heterocycles. The van der Waals surface area contributed by atoms with Crippen molar-refractivity contribution in [1.82, 2.24) is 0 Å². The summed E-state index contributed by atoms with van der Waals surface area (Å²) in [4.78, 5) is 13.2. The van der Waals surface area contributed by atoms with Crippen molar-refractivity contribution in [1.29, 1.82) is 0 Å². The van der Waals surface area contributed by atoms with E-state index in [1.54, 1.807) is 18.4 Å². The predicted molar refractivity (Wildman–Crippen MR) is 78.8 cm³/mol. The van der Waals surface area contributed by atoms with Gasteiger partial charge < -0.3 is 14.6 Å². The lowest BCUT2D eigenvalue weighted by Gasteiger charge is -2.20. The van der Waals surface area contributed by atoms with Gasteiger partial charge in [0.15, 0.2) is 11.8 Å². The third-order valence-electron chi connectivity index (χ3n) is 3.26. The van der Waals surface area contributed by atoms with Gasteiger partial charge in [0.05, 0.1) is 13.3 Å². The summed E-state index contributed by atoms with van der Waals surface area (Å²) in [6.45, 7) is 2.55. The maximum absolute atomic E-state index is 12.2. The first-order valence-electron chi connectivity index (χ1n) is 6.47. The minimum absolute atomic E-state index is 0.0451. The van der Waals surface area contributed by atoms with Crippen molar-refractivity contribution in [3.05, 3.63) is 53.4 Å². The van der Waals surface area contributed by atoms with E-state index in [1.165, 1.54) is 0 Å². The van der Waals surface area contributed by atoms with E-state index in [2.05, 4.69) is 5.32 Å². The molecular weight excluding hydrogens is 276 g/mol. The summed E-state index contributed by atoms with van der Waals surface area (Å²) in [6.07, 6.45) is 1.64. The highest BCUT2D eigenvalue weighted by Crippen LogP contribution is 2.14. The minimum atomic E-state index is -0.195. The van der Waals surface area contributed by atoms with Crippen LogP contribution in [-0.4, -0.2) is 19.0 Å². The fourth-order valence-corrected chi connectivity index (χ4v) is 2.07. The van der Waals surface area contributed by atoms with Crippen LogP contribution in [0.3, 0.4) is 0 Å². The molecule has 4 nitrogen and oxygen atoms in total. The van der Waals surface area contributed by atoms with Gasteiger partial charge in [-0.25, -0.2) is 0 Å².